The Bertz CT molecular complexity index is 1140. The Kier molecular flexibility index (Phi) is 7.73. The molecule has 0 spiro atoms. The molecular formula is C23H22Cl2N2O3S. The van der Waals surface area contributed by atoms with Gasteiger partial charge in [0, 0.05) is 18.6 Å². The number of nitrogens with one attached hydrogen (secondary N) is 1. The quantitative estimate of drug-likeness (QED) is 0.518. The van der Waals surface area contributed by atoms with Crippen molar-refractivity contribution in [3.63, 3.8) is 0 Å². The molecule has 0 heterocycles. The molecule has 1 N–H and O–H groups in total. The van der Waals surface area contributed by atoms with Crippen LogP contribution in [0.4, 0.5) is 0 Å². The Morgan fingerprint density at radius 2 is 1.52 bits per heavy atom. The van der Waals surface area contributed by atoms with Gasteiger partial charge >= 0.3 is 0 Å². The van der Waals surface area contributed by atoms with Crippen LogP contribution in [0.1, 0.15) is 11.1 Å². The molecule has 0 aliphatic heterocycles. The summed E-state index contributed by atoms with van der Waals surface area (Å²) in [4.78, 5) is 14.6. The minimum atomic E-state index is -4.10. The number of hydrogen-bond donors (Lipinski definition) is 1. The number of carbonyl (C=O) groups is 1. The lowest BCUT2D eigenvalue weighted by Crippen LogP contribution is -2.48. The van der Waals surface area contributed by atoms with E-state index < -0.39 is 16.1 Å². The number of likely N-dealkylation sites (N-methyl/N-ethyl adjacent to an activating group) is 1. The topological polar surface area (TPSA) is 66.5 Å². The van der Waals surface area contributed by atoms with Gasteiger partial charge in [0.05, 0.1) is 5.02 Å². The summed E-state index contributed by atoms with van der Waals surface area (Å²) in [5, 5.41) is 0.261. The van der Waals surface area contributed by atoms with Crippen LogP contribution in [0.25, 0.3) is 0 Å². The average molecular weight is 477 g/mol. The molecule has 0 saturated carbocycles. The second kappa shape index (κ2) is 10.3. The fraction of sp³-hybridized carbons (Fsp3) is 0.174. The molecule has 0 bridgehead atoms. The molecule has 8 heteroatoms. The second-order valence-electron chi connectivity index (χ2n) is 7.12. The maximum absolute atomic E-state index is 13.3. The number of nitrogens with zero attached hydrogens (tertiary/aromatic N) is 1. The minimum absolute atomic E-state index is 0.0282. The van der Waals surface area contributed by atoms with E-state index in [-0.39, 0.29) is 27.3 Å². The Hall–Kier alpha value is -2.38. The Labute approximate surface area is 192 Å². The number of sulfonamides is 1. The van der Waals surface area contributed by atoms with Gasteiger partial charge in [0.25, 0.3) is 0 Å². The summed E-state index contributed by atoms with van der Waals surface area (Å²) in [5.74, 6) is -0.352. The first-order valence-corrected chi connectivity index (χ1v) is 11.8. The zero-order valence-electron chi connectivity index (χ0n) is 16.8. The highest BCUT2D eigenvalue weighted by molar-refractivity contribution is 7.89. The van der Waals surface area contributed by atoms with Crippen molar-refractivity contribution in [3.8, 4) is 0 Å². The van der Waals surface area contributed by atoms with Crippen LogP contribution in [0.2, 0.25) is 10.0 Å². The summed E-state index contributed by atoms with van der Waals surface area (Å²) in [6.45, 7) is 0.352. The fourth-order valence-corrected chi connectivity index (χ4v) is 5.12. The van der Waals surface area contributed by atoms with Gasteiger partial charge in [-0.25, -0.2) is 8.42 Å². The van der Waals surface area contributed by atoms with Crippen LogP contribution < -0.4 is 4.72 Å². The van der Waals surface area contributed by atoms with Crippen LogP contribution in [0, 0.1) is 0 Å². The third-order valence-corrected chi connectivity index (χ3v) is 6.89. The fourth-order valence-electron chi connectivity index (χ4n) is 3.16. The highest BCUT2D eigenvalue weighted by Crippen LogP contribution is 2.25. The van der Waals surface area contributed by atoms with E-state index in [1.165, 1.54) is 23.1 Å². The van der Waals surface area contributed by atoms with E-state index in [1.54, 1.807) is 7.05 Å². The summed E-state index contributed by atoms with van der Waals surface area (Å²) < 4.78 is 28.7. The monoisotopic (exact) mass is 476 g/mol. The van der Waals surface area contributed by atoms with Crippen LogP contribution in [0.5, 0.6) is 0 Å². The van der Waals surface area contributed by atoms with Crippen molar-refractivity contribution in [2.24, 2.45) is 0 Å². The second-order valence-corrected chi connectivity index (χ2v) is 9.64. The molecule has 3 aromatic rings. The predicted molar refractivity (Wildman–Crippen MR) is 124 cm³/mol. The Morgan fingerprint density at radius 1 is 0.935 bits per heavy atom. The zero-order chi connectivity index (χ0) is 22.4. The molecule has 1 amide bonds. The molecule has 1 atom stereocenters. The molecule has 3 rings (SSSR count). The van der Waals surface area contributed by atoms with Gasteiger partial charge in [-0.15, -0.1) is 0 Å². The van der Waals surface area contributed by atoms with Gasteiger partial charge in [-0.3, -0.25) is 4.79 Å². The third-order valence-electron chi connectivity index (χ3n) is 4.70. The van der Waals surface area contributed by atoms with E-state index in [9.17, 15) is 13.2 Å². The largest absolute Gasteiger partial charge is 0.340 e. The van der Waals surface area contributed by atoms with Gasteiger partial charge in [-0.05, 0) is 35.7 Å². The number of carbonyl (C=O) groups excluding carboxylic acids is 1. The zero-order valence-corrected chi connectivity index (χ0v) is 19.2. The van der Waals surface area contributed by atoms with Gasteiger partial charge in [-0.1, -0.05) is 83.9 Å². The van der Waals surface area contributed by atoms with E-state index >= 15 is 0 Å². The molecule has 162 valence electrons. The molecule has 0 unspecified atom stereocenters. The summed E-state index contributed by atoms with van der Waals surface area (Å²) in [7, 11) is -2.45. The maximum Gasteiger partial charge on any atom is 0.242 e. The first kappa shape index (κ1) is 23.3. The van der Waals surface area contributed by atoms with E-state index in [4.69, 9.17) is 23.2 Å². The molecule has 5 nitrogen and oxygen atoms in total. The van der Waals surface area contributed by atoms with Crippen molar-refractivity contribution in [1.82, 2.24) is 9.62 Å². The van der Waals surface area contributed by atoms with Crippen LogP contribution >= 0.6 is 23.2 Å². The van der Waals surface area contributed by atoms with Crippen LogP contribution in [-0.4, -0.2) is 32.3 Å². The average Bonchev–Trinajstić information content (AvgIpc) is 2.75. The summed E-state index contributed by atoms with van der Waals surface area (Å²) in [6.07, 6.45) is 0.191. The normalized spacial score (nSPS) is 12.4. The van der Waals surface area contributed by atoms with E-state index in [0.29, 0.717) is 6.54 Å². The lowest BCUT2D eigenvalue weighted by molar-refractivity contribution is -0.132. The molecule has 0 fully saturated rings. The number of rotatable bonds is 8. The van der Waals surface area contributed by atoms with E-state index in [1.807, 2.05) is 60.7 Å². The number of hydrogen-bond acceptors (Lipinski definition) is 3. The first-order chi connectivity index (χ1) is 14.8. The SMILES string of the molecule is CN(Cc1ccccc1)C(=O)[C@H](Cc1ccccc1)NS(=O)(=O)c1cc(Cl)ccc1Cl. The third kappa shape index (κ3) is 6.31. The lowest BCUT2D eigenvalue weighted by Gasteiger charge is -2.25. The Morgan fingerprint density at radius 3 is 2.13 bits per heavy atom. The molecule has 31 heavy (non-hydrogen) atoms. The van der Waals surface area contributed by atoms with Gasteiger partial charge < -0.3 is 4.90 Å². The van der Waals surface area contributed by atoms with Gasteiger partial charge in [-0.2, -0.15) is 4.72 Å². The highest BCUT2D eigenvalue weighted by Gasteiger charge is 2.29. The van der Waals surface area contributed by atoms with Gasteiger partial charge in [0.2, 0.25) is 15.9 Å². The van der Waals surface area contributed by atoms with Crippen molar-refractivity contribution in [2.75, 3.05) is 7.05 Å². The van der Waals surface area contributed by atoms with Crippen LogP contribution in [0.3, 0.4) is 0 Å². The molecule has 0 aromatic heterocycles. The number of amides is 1. The molecule has 0 saturated heterocycles. The number of benzene rings is 3. The number of halogens is 2. The van der Waals surface area contributed by atoms with Crippen LogP contribution in [-0.2, 0) is 27.8 Å². The summed E-state index contributed by atoms with van der Waals surface area (Å²) in [5.41, 5.74) is 1.77. The van der Waals surface area contributed by atoms with Crippen molar-refractivity contribution in [2.45, 2.75) is 23.9 Å². The molecule has 0 aliphatic rings. The lowest BCUT2D eigenvalue weighted by atomic mass is 10.1. The van der Waals surface area contributed by atoms with E-state index in [0.717, 1.165) is 11.1 Å². The minimum Gasteiger partial charge on any atom is -0.340 e. The summed E-state index contributed by atoms with van der Waals surface area (Å²) >= 11 is 12.1. The standard InChI is InChI=1S/C23H22Cl2N2O3S/c1-27(16-18-10-6-3-7-11-18)23(28)21(14-17-8-4-2-5-9-17)26-31(29,30)22-15-19(24)12-13-20(22)25/h2-13,15,21,26H,14,16H2,1H3/t21-/m0/s1. The Balaban J connectivity index is 1.88. The van der Waals surface area contributed by atoms with Gasteiger partial charge in [0.1, 0.15) is 10.9 Å². The summed E-state index contributed by atoms with van der Waals surface area (Å²) in [6, 6.07) is 21.9. The van der Waals surface area contributed by atoms with Crippen LogP contribution in [0.15, 0.2) is 83.8 Å². The first-order valence-electron chi connectivity index (χ1n) is 9.56. The molecule has 0 radical (unpaired) electrons. The predicted octanol–water partition coefficient (Wildman–Crippen LogP) is 4.54. The maximum atomic E-state index is 13.3. The van der Waals surface area contributed by atoms with E-state index in [2.05, 4.69) is 4.72 Å². The smallest absolute Gasteiger partial charge is 0.242 e. The van der Waals surface area contributed by atoms with Crippen molar-refractivity contribution in [1.29, 1.82) is 0 Å². The van der Waals surface area contributed by atoms with Crippen molar-refractivity contribution in [3.05, 3.63) is 100 Å². The van der Waals surface area contributed by atoms with Crippen molar-refractivity contribution < 1.29 is 13.2 Å². The molecular weight excluding hydrogens is 455 g/mol. The molecule has 3 aromatic carbocycles. The van der Waals surface area contributed by atoms with Crippen molar-refractivity contribution >= 4 is 39.1 Å². The van der Waals surface area contributed by atoms with Gasteiger partial charge in [0.15, 0.2) is 0 Å². The molecule has 0 aliphatic carbocycles. The highest BCUT2D eigenvalue weighted by atomic mass is 35.5.